The molecule has 1 spiro atoms. The fourth-order valence-electron chi connectivity index (χ4n) is 1.59. The smallest absolute Gasteiger partial charge is 0.284 e. The fourth-order valence-corrected chi connectivity index (χ4v) is 1.59. The van der Waals surface area contributed by atoms with Crippen molar-refractivity contribution in [2.45, 2.75) is 18.2 Å². The molecule has 0 aromatic heterocycles. The molecule has 0 amide bonds. The predicted octanol–water partition coefficient (Wildman–Crippen LogP) is -1.23. The normalized spacial score (nSPS) is 35.1. The number of aliphatic hydroxyl groups is 4. The van der Waals surface area contributed by atoms with Gasteiger partial charge in [0.05, 0.1) is 19.8 Å². The maximum absolute atomic E-state index is 9.63. The van der Waals surface area contributed by atoms with Crippen molar-refractivity contribution in [1.82, 2.24) is 0 Å². The van der Waals surface area contributed by atoms with Crippen molar-refractivity contribution in [2.24, 2.45) is 0 Å². The van der Waals surface area contributed by atoms with E-state index in [4.69, 9.17) is 19.3 Å². The first-order chi connectivity index (χ1) is 7.12. The number of hydrogen-bond donors (Lipinski definition) is 4. The molecule has 0 aromatic carbocycles. The van der Waals surface area contributed by atoms with Gasteiger partial charge in [-0.2, -0.15) is 0 Å². The van der Waals surface area contributed by atoms with Gasteiger partial charge in [0.1, 0.15) is 6.10 Å². The van der Waals surface area contributed by atoms with Crippen LogP contribution < -0.4 is 0 Å². The van der Waals surface area contributed by atoms with Crippen LogP contribution in [0, 0.1) is 0 Å². The molecule has 2 aliphatic rings. The highest BCUT2D eigenvalue weighted by Gasteiger charge is 2.55. The maximum atomic E-state index is 9.63. The summed E-state index contributed by atoms with van der Waals surface area (Å²) in [5.41, 5.74) is 0. The Labute approximate surface area is 85.1 Å². The van der Waals surface area contributed by atoms with Gasteiger partial charge in [-0.25, -0.2) is 0 Å². The molecule has 2 aliphatic heterocycles. The third-order valence-electron chi connectivity index (χ3n) is 2.38. The van der Waals surface area contributed by atoms with Gasteiger partial charge in [0.15, 0.2) is 11.5 Å². The summed E-state index contributed by atoms with van der Waals surface area (Å²) in [7, 11) is 0. The zero-order chi connectivity index (χ0) is 11.1. The van der Waals surface area contributed by atoms with Crippen molar-refractivity contribution in [3.8, 4) is 0 Å². The summed E-state index contributed by atoms with van der Waals surface area (Å²) in [5.74, 6) is -3.10. The van der Waals surface area contributed by atoms with Gasteiger partial charge >= 0.3 is 0 Å². The van der Waals surface area contributed by atoms with Crippen molar-refractivity contribution in [3.05, 3.63) is 11.5 Å². The topological polar surface area (TPSA) is 109 Å². The average molecular weight is 220 g/mol. The van der Waals surface area contributed by atoms with Crippen LogP contribution in [0.5, 0.6) is 0 Å². The first-order valence-electron chi connectivity index (χ1n) is 4.46. The quantitative estimate of drug-likeness (QED) is 0.438. The third-order valence-corrected chi connectivity index (χ3v) is 2.38. The largest absolute Gasteiger partial charge is 0.506 e. The van der Waals surface area contributed by atoms with E-state index in [0.717, 1.165) is 0 Å². The SMILES string of the molecule is OC[C@H]1OC(O)C2(OCCO2)C(O)=C1O. The molecule has 0 aromatic rings. The second-order valence-electron chi connectivity index (χ2n) is 3.26. The van der Waals surface area contributed by atoms with Gasteiger partial charge in [-0.3, -0.25) is 0 Å². The zero-order valence-corrected chi connectivity index (χ0v) is 7.79. The minimum absolute atomic E-state index is 0.168. The number of aliphatic hydroxyl groups excluding tert-OH is 4. The highest BCUT2D eigenvalue weighted by atomic mass is 16.8. The van der Waals surface area contributed by atoms with Gasteiger partial charge in [-0.15, -0.1) is 0 Å². The Morgan fingerprint density at radius 1 is 1.27 bits per heavy atom. The third kappa shape index (κ3) is 1.40. The molecule has 0 saturated carbocycles. The van der Waals surface area contributed by atoms with E-state index in [0.29, 0.717) is 0 Å². The molecule has 4 N–H and O–H groups in total. The van der Waals surface area contributed by atoms with Crippen molar-refractivity contribution in [1.29, 1.82) is 0 Å². The summed E-state index contributed by atoms with van der Waals surface area (Å²) in [5, 5.41) is 37.4. The molecule has 15 heavy (non-hydrogen) atoms. The second-order valence-corrected chi connectivity index (χ2v) is 3.26. The van der Waals surface area contributed by atoms with E-state index < -0.39 is 36.3 Å². The van der Waals surface area contributed by atoms with Crippen molar-refractivity contribution >= 4 is 0 Å². The Morgan fingerprint density at radius 3 is 2.40 bits per heavy atom. The van der Waals surface area contributed by atoms with Gasteiger partial charge in [0.25, 0.3) is 5.79 Å². The lowest BCUT2D eigenvalue weighted by molar-refractivity contribution is -0.317. The first-order valence-corrected chi connectivity index (χ1v) is 4.46. The van der Waals surface area contributed by atoms with E-state index in [1.165, 1.54) is 0 Å². The lowest BCUT2D eigenvalue weighted by Gasteiger charge is -2.37. The van der Waals surface area contributed by atoms with E-state index in [9.17, 15) is 15.3 Å². The van der Waals surface area contributed by atoms with E-state index >= 15 is 0 Å². The van der Waals surface area contributed by atoms with Gasteiger partial charge in [0.2, 0.25) is 6.29 Å². The highest BCUT2D eigenvalue weighted by Crippen LogP contribution is 2.37. The summed E-state index contributed by atoms with van der Waals surface area (Å²) in [6.45, 7) is -0.230. The molecule has 0 radical (unpaired) electrons. The van der Waals surface area contributed by atoms with Crippen LogP contribution in [0.4, 0.5) is 0 Å². The molecular weight excluding hydrogens is 208 g/mol. The van der Waals surface area contributed by atoms with Crippen LogP contribution in [0.15, 0.2) is 11.5 Å². The first kappa shape index (κ1) is 10.7. The van der Waals surface area contributed by atoms with Crippen LogP contribution in [-0.2, 0) is 14.2 Å². The molecule has 2 atom stereocenters. The van der Waals surface area contributed by atoms with Crippen LogP contribution in [0.2, 0.25) is 0 Å². The maximum Gasteiger partial charge on any atom is 0.284 e. The molecule has 7 heteroatoms. The average Bonchev–Trinajstić information content (AvgIpc) is 2.71. The number of ether oxygens (including phenoxy) is 3. The predicted molar refractivity (Wildman–Crippen MR) is 44.9 cm³/mol. The second kappa shape index (κ2) is 3.62. The van der Waals surface area contributed by atoms with Gasteiger partial charge < -0.3 is 34.6 Å². The van der Waals surface area contributed by atoms with E-state index in [1.54, 1.807) is 0 Å². The fraction of sp³-hybridized carbons (Fsp3) is 0.750. The molecule has 0 bridgehead atoms. The molecule has 2 rings (SSSR count). The molecule has 2 heterocycles. The Kier molecular flexibility index (Phi) is 2.57. The summed E-state index contributed by atoms with van der Waals surface area (Å²) in [6.07, 6.45) is -2.76. The van der Waals surface area contributed by atoms with Crippen molar-refractivity contribution in [3.63, 3.8) is 0 Å². The highest BCUT2D eigenvalue weighted by molar-refractivity contribution is 5.18. The molecule has 0 aliphatic carbocycles. The molecular formula is C8H12O7. The van der Waals surface area contributed by atoms with Crippen molar-refractivity contribution in [2.75, 3.05) is 19.8 Å². The summed E-state index contributed by atoms with van der Waals surface area (Å²) in [4.78, 5) is 0. The van der Waals surface area contributed by atoms with E-state index in [1.807, 2.05) is 0 Å². The minimum atomic E-state index is -1.85. The van der Waals surface area contributed by atoms with Crippen LogP contribution >= 0.6 is 0 Å². The summed E-state index contributed by atoms with van der Waals surface area (Å²) < 4.78 is 14.9. The molecule has 86 valence electrons. The summed E-state index contributed by atoms with van der Waals surface area (Å²) >= 11 is 0. The minimum Gasteiger partial charge on any atom is -0.506 e. The van der Waals surface area contributed by atoms with Crippen LogP contribution in [0.25, 0.3) is 0 Å². The molecule has 1 fully saturated rings. The van der Waals surface area contributed by atoms with Crippen LogP contribution in [-0.4, -0.2) is 58.4 Å². The lowest BCUT2D eigenvalue weighted by Crippen LogP contribution is -2.53. The molecule has 1 unspecified atom stereocenters. The monoisotopic (exact) mass is 220 g/mol. The standard InChI is InChI=1S/C8H12O7/c9-3-4-5(10)6(11)8(7(12)15-4)13-1-2-14-8/h4,7,9-12H,1-3H2/t4-,7?/m1/s1. The van der Waals surface area contributed by atoms with E-state index in [2.05, 4.69) is 0 Å². The zero-order valence-electron chi connectivity index (χ0n) is 7.79. The van der Waals surface area contributed by atoms with Crippen LogP contribution in [0.3, 0.4) is 0 Å². The molecule has 1 saturated heterocycles. The van der Waals surface area contributed by atoms with Gasteiger partial charge in [-0.05, 0) is 0 Å². The van der Waals surface area contributed by atoms with Gasteiger partial charge in [-0.1, -0.05) is 0 Å². The van der Waals surface area contributed by atoms with Gasteiger partial charge in [0, 0.05) is 0 Å². The van der Waals surface area contributed by atoms with E-state index in [-0.39, 0.29) is 13.2 Å². The Bertz CT molecular complexity index is 281. The molecule has 7 nitrogen and oxygen atoms in total. The Hall–Kier alpha value is -0.860. The van der Waals surface area contributed by atoms with Crippen molar-refractivity contribution < 1.29 is 34.6 Å². The van der Waals surface area contributed by atoms with Crippen LogP contribution in [0.1, 0.15) is 0 Å². The Balaban J connectivity index is 2.36. The lowest BCUT2D eigenvalue weighted by atomic mass is 10.1. The number of hydrogen-bond acceptors (Lipinski definition) is 7. The number of rotatable bonds is 1. The summed E-state index contributed by atoms with van der Waals surface area (Å²) in [6, 6.07) is 0. The Morgan fingerprint density at radius 2 is 1.87 bits per heavy atom.